The summed E-state index contributed by atoms with van der Waals surface area (Å²) < 4.78 is 27.0. The SMILES string of the molecule is CCN(c1ccccc1)S(=O)(=O)Cc1cccc2[nH]cnc12. The summed E-state index contributed by atoms with van der Waals surface area (Å²) in [6.45, 7) is 2.22. The molecule has 0 saturated heterocycles. The molecular weight excluding hydrogens is 298 g/mol. The zero-order valence-corrected chi connectivity index (χ0v) is 13.0. The number of nitrogens with zero attached hydrogens (tertiary/aromatic N) is 2. The first-order valence-corrected chi connectivity index (χ1v) is 8.69. The van der Waals surface area contributed by atoms with Crippen LogP contribution in [0.2, 0.25) is 0 Å². The van der Waals surface area contributed by atoms with Gasteiger partial charge in [0.2, 0.25) is 10.0 Å². The quantitative estimate of drug-likeness (QED) is 0.787. The molecule has 0 aliphatic carbocycles. The van der Waals surface area contributed by atoms with Gasteiger partial charge in [0.05, 0.1) is 28.8 Å². The molecule has 0 fully saturated rings. The van der Waals surface area contributed by atoms with Gasteiger partial charge < -0.3 is 4.98 Å². The molecule has 0 amide bonds. The zero-order valence-electron chi connectivity index (χ0n) is 12.2. The van der Waals surface area contributed by atoms with E-state index in [-0.39, 0.29) is 5.75 Å². The van der Waals surface area contributed by atoms with Crippen LogP contribution in [-0.2, 0) is 15.8 Å². The third kappa shape index (κ3) is 2.69. The number of hydrogen-bond donors (Lipinski definition) is 1. The van der Waals surface area contributed by atoms with Crippen LogP contribution >= 0.6 is 0 Å². The molecule has 0 spiro atoms. The number of para-hydroxylation sites is 2. The highest BCUT2D eigenvalue weighted by Gasteiger charge is 2.22. The van der Waals surface area contributed by atoms with Crippen molar-refractivity contribution in [2.24, 2.45) is 0 Å². The molecule has 0 aliphatic rings. The Balaban J connectivity index is 1.97. The summed E-state index contributed by atoms with van der Waals surface area (Å²) in [5, 5.41) is 0. The maximum Gasteiger partial charge on any atom is 0.239 e. The number of aromatic amines is 1. The number of fused-ring (bicyclic) bond motifs is 1. The van der Waals surface area contributed by atoms with Crippen LogP contribution in [-0.4, -0.2) is 24.9 Å². The van der Waals surface area contributed by atoms with E-state index in [1.165, 1.54) is 4.31 Å². The van der Waals surface area contributed by atoms with Gasteiger partial charge in [0.25, 0.3) is 0 Å². The van der Waals surface area contributed by atoms with Gasteiger partial charge in [0.15, 0.2) is 0 Å². The van der Waals surface area contributed by atoms with Crippen molar-refractivity contribution in [2.75, 3.05) is 10.8 Å². The van der Waals surface area contributed by atoms with Crippen molar-refractivity contribution in [3.05, 3.63) is 60.4 Å². The number of rotatable bonds is 5. The van der Waals surface area contributed by atoms with Gasteiger partial charge in [-0.05, 0) is 30.7 Å². The van der Waals surface area contributed by atoms with E-state index >= 15 is 0 Å². The fourth-order valence-corrected chi connectivity index (χ4v) is 4.17. The second-order valence-corrected chi connectivity index (χ2v) is 6.87. The van der Waals surface area contributed by atoms with Gasteiger partial charge in [-0.3, -0.25) is 4.31 Å². The predicted octanol–water partition coefficient (Wildman–Crippen LogP) is 2.92. The molecule has 1 N–H and O–H groups in total. The van der Waals surface area contributed by atoms with E-state index in [1.54, 1.807) is 24.5 Å². The van der Waals surface area contributed by atoms with Crippen LogP contribution in [0.4, 0.5) is 5.69 Å². The largest absolute Gasteiger partial charge is 0.345 e. The van der Waals surface area contributed by atoms with E-state index in [2.05, 4.69) is 9.97 Å². The summed E-state index contributed by atoms with van der Waals surface area (Å²) in [5.41, 5.74) is 2.93. The number of sulfonamides is 1. The van der Waals surface area contributed by atoms with Crippen LogP contribution in [0.25, 0.3) is 11.0 Å². The number of benzene rings is 2. The molecule has 0 saturated carbocycles. The number of H-pyrrole nitrogens is 1. The van der Waals surface area contributed by atoms with Crippen molar-refractivity contribution in [2.45, 2.75) is 12.7 Å². The Labute approximate surface area is 129 Å². The highest BCUT2D eigenvalue weighted by atomic mass is 32.2. The molecule has 22 heavy (non-hydrogen) atoms. The number of anilines is 1. The fraction of sp³-hybridized carbons (Fsp3) is 0.188. The summed E-state index contributed by atoms with van der Waals surface area (Å²) in [5.74, 6) is -0.0715. The Morgan fingerprint density at radius 2 is 1.86 bits per heavy atom. The Morgan fingerprint density at radius 3 is 2.59 bits per heavy atom. The van der Waals surface area contributed by atoms with E-state index < -0.39 is 10.0 Å². The van der Waals surface area contributed by atoms with E-state index in [0.29, 0.717) is 23.3 Å². The van der Waals surface area contributed by atoms with Crippen LogP contribution in [0, 0.1) is 0 Å². The van der Waals surface area contributed by atoms with Crippen molar-refractivity contribution in [1.29, 1.82) is 0 Å². The molecule has 0 atom stereocenters. The van der Waals surface area contributed by atoms with Crippen molar-refractivity contribution in [1.82, 2.24) is 9.97 Å². The number of imidazole rings is 1. The topological polar surface area (TPSA) is 66.1 Å². The number of hydrogen-bond acceptors (Lipinski definition) is 3. The molecule has 2 aromatic carbocycles. The first kappa shape index (κ1) is 14.6. The maximum atomic E-state index is 12.8. The normalized spacial score (nSPS) is 11.7. The monoisotopic (exact) mass is 315 g/mol. The van der Waals surface area contributed by atoms with Gasteiger partial charge in [0, 0.05) is 6.54 Å². The predicted molar refractivity (Wildman–Crippen MR) is 88.2 cm³/mol. The lowest BCUT2D eigenvalue weighted by Crippen LogP contribution is -2.31. The number of aromatic nitrogens is 2. The molecule has 3 rings (SSSR count). The number of nitrogens with one attached hydrogen (secondary N) is 1. The summed E-state index contributed by atoms with van der Waals surface area (Å²) in [4.78, 5) is 7.22. The third-order valence-electron chi connectivity index (χ3n) is 3.54. The highest BCUT2D eigenvalue weighted by Crippen LogP contribution is 2.23. The molecule has 6 heteroatoms. The lowest BCUT2D eigenvalue weighted by Gasteiger charge is -2.23. The summed E-state index contributed by atoms with van der Waals surface area (Å²) >= 11 is 0. The van der Waals surface area contributed by atoms with Gasteiger partial charge in [-0.1, -0.05) is 30.3 Å². The second kappa shape index (κ2) is 5.81. The molecule has 0 unspecified atom stereocenters. The molecule has 0 bridgehead atoms. The van der Waals surface area contributed by atoms with Gasteiger partial charge >= 0.3 is 0 Å². The third-order valence-corrected chi connectivity index (χ3v) is 5.35. The highest BCUT2D eigenvalue weighted by molar-refractivity contribution is 7.92. The summed E-state index contributed by atoms with van der Waals surface area (Å²) in [7, 11) is -3.47. The molecular formula is C16H17N3O2S. The zero-order chi connectivity index (χ0) is 15.6. The molecule has 1 aromatic heterocycles. The Hall–Kier alpha value is -2.34. The molecule has 1 heterocycles. The van der Waals surface area contributed by atoms with E-state index in [0.717, 1.165) is 5.52 Å². The Kier molecular flexibility index (Phi) is 3.85. The maximum absolute atomic E-state index is 12.8. The van der Waals surface area contributed by atoms with Crippen molar-refractivity contribution < 1.29 is 8.42 Å². The van der Waals surface area contributed by atoms with Crippen molar-refractivity contribution in [3.8, 4) is 0 Å². The van der Waals surface area contributed by atoms with Gasteiger partial charge in [-0.15, -0.1) is 0 Å². The smallest absolute Gasteiger partial charge is 0.239 e. The lowest BCUT2D eigenvalue weighted by atomic mass is 10.2. The summed E-state index contributed by atoms with van der Waals surface area (Å²) in [6.07, 6.45) is 1.58. The average Bonchev–Trinajstić information content (AvgIpc) is 2.98. The molecule has 5 nitrogen and oxygen atoms in total. The minimum absolute atomic E-state index is 0.0715. The molecule has 114 valence electrons. The first-order valence-electron chi connectivity index (χ1n) is 7.08. The van der Waals surface area contributed by atoms with Crippen LogP contribution in [0.3, 0.4) is 0 Å². The lowest BCUT2D eigenvalue weighted by molar-refractivity contribution is 0.591. The standard InChI is InChI=1S/C16H17N3O2S/c1-2-19(14-8-4-3-5-9-14)22(20,21)11-13-7-6-10-15-16(13)18-12-17-15/h3-10,12H,2,11H2,1H3,(H,17,18). The minimum atomic E-state index is -3.47. The van der Waals surface area contributed by atoms with Crippen LogP contribution in [0.15, 0.2) is 54.9 Å². The van der Waals surface area contributed by atoms with Crippen LogP contribution in [0.5, 0.6) is 0 Å². The van der Waals surface area contributed by atoms with Crippen molar-refractivity contribution in [3.63, 3.8) is 0 Å². The van der Waals surface area contributed by atoms with E-state index in [1.807, 2.05) is 37.3 Å². The molecule has 3 aromatic rings. The van der Waals surface area contributed by atoms with Crippen LogP contribution in [0.1, 0.15) is 12.5 Å². The van der Waals surface area contributed by atoms with E-state index in [4.69, 9.17) is 0 Å². The fourth-order valence-electron chi connectivity index (χ4n) is 2.55. The Morgan fingerprint density at radius 1 is 1.09 bits per heavy atom. The van der Waals surface area contributed by atoms with Gasteiger partial charge in [-0.2, -0.15) is 0 Å². The Bertz CT molecular complexity index is 873. The van der Waals surface area contributed by atoms with Crippen molar-refractivity contribution >= 4 is 26.7 Å². The second-order valence-electron chi connectivity index (χ2n) is 4.97. The molecule has 0 aliphatic heterocycles. The first-order chi connectivity index (χ1) is 10.6. The van der Waals surface area contributed by atoms with Crippen LogP contribution < -0.4 is 4.31 Å². The van der Waals surface area contributed by atoms with E-state index in [9.17, 15) is 8.42 Å². The van der Waals surface area contributed by atoms with Gasteiger partial charge in [-0.25, -0.2) is 13.4 Å². The minimum Gasteiger partial charge on any atom is -0.345 e. The average molecular weight is 315 g/mol. The molecule has 0 radical (unpaired) electrons. The summed E-state index contributed by atoms with van der Waals surface area (Å²) in [6, 6.07) is 14.7. The van der Waals surface area contributed by atoms with Gasteiger partial charge in [0.1, 0.15) is 0 Å².